The summed E-state index contributed by atoms with van der Waals surface area (Å²) in [5, 5.41) is 18.2. The van der Waals surface area contributed by atoms with Gasteiger partial charge >= 0.3 is 0 Å². The number of aliphatic hydroxyl groups is 1. The Kier molecular flexibility index (Phi) is 6.51. The lowest BCUT2D eigenvalue weighted by Crippen LogP contribution is -2.46. The lowest BCUT2D eigenvalue weighted by atomic mass is 10.0. The summed E-state index contributed by atoms with van der Waals surface area (Å²) in [5.41, 5.74) is 3.94. The van der Waals surface area contributed by atoms with Crippen LogP contribution < -0.4 is 10.9 Å². The second-order valence-corrected chi connectivity index (χ2v) is 10.8. The number of hydrogen-bond acceptors (Lipinski definition) is 8. The number of hydrogen-bond donors (Lipinski definition) is 4. The fourth-order valence-electron chi connectivity index (χ4n) is 5.68. The molecule has 1 fully saturated rings. The number of aromatic nitrogens is 5. The first kappa shape index (κ1) is 26.0. The van der Waals surface area contributed by atoms with Crippen LogP contribution in [0, 0.1) is 13.8 Å². The summed E-state index contributed by atoms with van der Waals surface area (Å²) in [6, 6.07) is 6.81. The van der Waals surface area contributed by atoms with Gasteiger partial charge in [0.1, 0.15) is 11.4 Å². The maximum atomic E-state index is 13.3. The van der Waals surface area contributed by atoms with Gasteiger partial charge in [-0.25, -0.2) is 4.98 Å². The van der Waals surface area contributed by atoms with Gasteiger partial charge in [0.05, 0.1) is 46.2 Å². The number of carbonyl (C=O) groups is 2. The van der Waals surface area contributed by atoms with Gasteiger partial charge in [-0.05, 0) is 71.1 Å². The van der Waals surface area contributed by atoms with E-state index in [1.807, 2.05) is 27.0 Å². The Morgan fingerprint density at radius 3 is 2.52 bits per heavy atom. The van der Waals surface area contributed by atoms with Crippen LogP contribution in [0.1, 0.15) is 44.9 Å². The van der Waals surface area contributed by atoms with Crippen LogP contribution in [-0.2, 0) is 6.54 Å². The van der Waals surface area contributed by atoms with Crippen molar-refractivity contribution in [2.45, 2.75) is 45.4 Å². The van der Waals surface area contributed by atoms with Crippen LogP contribution in [0.15, 0.2) is 35.3 Å². The second kappa shape index (κ2) is 10.0. The third-order valence-electron chi connectivity index (χ3n) is 7.79. The summed E-state index contributed by atoms with van der Waals surface area (Å²) in [5.74, 6) is -0.287. The van der Waals surface area contributed by atoms with Crippen LogP contribution in [0.2, 0.25) is 0 Å². The zero-order chi connectivity index (χ0) is 28.1. The fourth-order valence-corrected chi connectivity index (χ4v) is 5.68. The van der Waals surface area contributed by atoms with E-state index in [4.69, 9.17) is 0 Å². The lowest BCUT2D eigenvalue weighted by molar-refractivity contribution is 0.0516. The number of aryl methyl sites for hydroxylation is 2. The summed E-state index contributed by atoms with van der Waals surface area (Å²) in [6.45, 7) is 5.99. The van der Waals surface area contributed by atoms with E-state index in [-0.39, 0.29) is 35.5 Å². The molecule has 12 nitrogen and oxygen atoms in total. The number of nitrogens with one attached hydrogen (secondary N) is 3. The molecule has 0 spiro atoms. The molecule has 1 atom stereocenters. The van der Waals surface area contributed by atoms with E-state index in [9.17, 15) is 19.5 Å². The van der Waals surface area contributed by atoms with E-state index in [0.717, 1.165) is 37.3 Å². The van der Waals surface area contributed by atoms with Gasteiger partial charge in [0.25, 0.3) is 17.4 Å². The van der Waals surface area contributed by atoms with Crippen molar-refractivity contribution in [3.8, 4) is 11.4 Å². The maximum absolute atomic E-state index is 13.3. The van der Waals surface area contributed by atoms with Gasteiger partial charge in [0.2, 0.25) is 0 Å². The highest BCUT2D eigenvalue weighted by Gasteiger charge is 2.41. The largest absolute Gasteiger partial charge is 0.389 e. The average molecular weight is 545 g/mol. The molecule has 4 N–H and O–H groups in total. The van der Waals surface area contributed by atoms with Crippen molar-refractivity contribution in [1.82, 2.24) is 34.5 Å². The molecular weight excluding hydrogens is 512 g/mol. The molecule has 5 heterocycles. The van der Waals surface area contributed by atoms with Crippen LogP contribution in [0.25, 0.3) is 22.4 Å². The number of rotatable bonds is 7. The number of H-pyrrole nitrogens is 2. The summed E-state index contributed by atoms with van der Waals surface area (Å²) in [7, 11) is 2.04. The summed E-state index contributed by atoms with van der Waals surface area (Å²) >= 11 is 0. The maximum Gasteiger partial charge on any atom is 0.261 e. The molecule has 1 aromatic carbocycles. The van der Waals surface area contributed by atoms with Crippen LogP contribution in [0.5, 0.6) is 0 Å². The standard InChI is InChI=1S/C28H32N8O4/c1-15-10-16(2)35(33-15)14-18(37)13-30-21-4-7-29-26(38)24(21)25-31-22-11-19-20(12-23(22)32-25)28(40)36(27(19)39)17-5-8-34(3)9-6-17/h4,7,10-12,17-18,37H,5-6,8-9,13-14H2,1-3H3,(H,31,32)(H2,29,30,38). The summed E-state index contributed by atoms with van der Waals surface area (Å²) in [6.07, 6.45) is 2.27. The van der Waals surface area contributed by atoms with Crippen molar-refractivity contribution in [2.75, 3.05) is 32.0 Å². The van der Waals surface area contributed by atoms with E-state index < -0.39 is 6.10 Å². The number of pyridine rings is 1. The van der Waals surface area contributed by atoms with Gasteiger partial charge in [-0.3, -0.25) is 24.0 Å². The number of imidazole rings is 1. The molecule has 2 aliphatic rings. The van der Waals surface area contributed by atoms with Gasteiger partial charge in [0, 0.05) is 24.5 Å². The van der Waals surface area contributed by atoms with E-state index in [0.29, 0.717) is 40.2 Å². The third kappa shape index (κ3) is 4.58. The minimum absolute atomic E-state index is 0.112. The number of fused-ring (bicyclic) bond motifs is 2. The molecule has 40 heavy (non-hydrogen) atoms. The van der Waals surface area contributed by atoms with Gasteiger partial charge in [-0.2, -0.15) is 5.10 Å². The molecule has 3 aromatic heterocycles. The number of benzene rings is 1. The number of likely N-dealkylation sites (tertiary alicyclic amines) is 1. The molecule has 2 aliphatic heterocycles. The monoisotopic (exact) mass is 544 g/mol. The van der Waals surface area contributed by atoms with E-state index >= 15 is 0 Å². The number of piperidine rings is 1. The number of amides is 2. The van der Waals surface area contributed by atoms with Gasteiger partial charge in [0.15, 0.2) is 0 Å². The Morgan fingerprint density at radius 2 is 1.82 bits per heavy atom. The normalized spacial score (nSPS) is 17.1. The van der Waals surface area contributed by atoms with Crippen molar-refractivity contribution in [3.05, 3.63) is 63.3 Å². The molecule has 208 valence electrons. The van der Waals surface area contributed by atoms with Crippen LogP contribution in [-0.4, -0.2) is 90.3 Å². The summed E-state index contributed by atoms with van der Waals surface area (Å²) in [4.78, 5) is 53.5. The molecule has 0 radical (unpaired) electrons. The number of carbonyl (C=O) groups excluding carboxylic acids is 2. The van der Waals surface area contributed by atoms with E-state index in [1.54, 1.807) is 22.9 Å². The zero-order valence-electron chi connectivity index (χ0n) is 22.7. The Bertz CT molecular complexity index is 1620. The lowest BCUT2D eigenvalue weighted by Gasteiger charge is -2.33. The number of aromatic amines is 2. The van der Waals surface area contributed by atoms with Gasteiger partial charge < -0.3 is 25.3 Å². The van der Waals surface area contributed by atoms with Crippen LogP contribution >= 0.6 is 0 Å². The highest BCUT2D eigenvalue weighted by atomic mass is 16.3. The predicted octanol–water partition coefficient (Wildman–Crippen LogP) is 1.89. The number of aliphatic hydroxyl groups excluding tert-OH is 1. The molecule has 0 bridgehead atoms. The van der Waals surface area contributed by atoms with Crippen LogP contribution in [0.3, 0.4) is 0 Å². The van der Waals surface area contributed by atoms with E-state index in [1.165, 1.54) is 11.1 Å². The van der Waals surface area contributed by atoms with Crippen molar-refractivity contribution in [1.29, 1.82) is 0 Å². The first-order valence-corrected chi connectivity index (χ1v) is 13.4. The average Bonchev–Trinajstić information content (AvgIpc) is 3.55. The number of nitrogens with zero attached hydrogens (tertiary/aromatic N) is 5. The van der Waals surface area contributed by atoms with Crippen molar-refractivity contribution < 1.29 is 14.7 Å². The molecule has 2 amide bonds. The Morgan fingerprint density at radius 1 is 1.10 bits per heavy atom. The third-order valence-corrected chi connectivity index (χ3v) is 7.79. The molecule has 1 unspecified atom stereocenters. The highest BCUT2D eigenvalue weighted by Crippen LogP contribution is 2.32. The Labute approximate surface area is 230 Å². The Balaban J connectivity index is 1.25. The highest BCUT2D eigenvalue weighted by molar-refractivity contribution is 6.23. The molecule has 0 saturated carbocycles. The second-order valence-electron chi connectivity index (χ2n) is 10.8. The minimum Gasteiger partial charge on any atom is -0.389 e. The van der Waals surface area contributed by atoms with Crippen LogP contribution in [0.4, 0.5) is 5.69 Å². The first-order chi connectivity index (χ1) is 19.2. The van der Waals surface area contributed by atoms with E-state index in [2.05, 4.69) is 30.3 Å². The number of imide groups is 1. The molecule has 1 saturated heterocycles. The van der Waals surface area contributed by atoms with Gasteiger partial charge in [-0.15, -0.1) is 0 Å². The van der Waals surface area contributed by atoms with Crippen molar-refractivity contribution >= 4 is 28.5 Å². The quantitative estimate of drug-likeness (QED) is 0.258. The molecule has 4 aromatic rings. The SMILES string of the molecule is Cc1cc(C)n(CC(O)CNc2cc[nH]c(=O)c2-c2nc3cc4c(cc3[nH]2)C(=O)N(C2CCN(C)CC2)C4=O)n1. The number of anilines is 1. The molecule has 12 heteroatoms. The topological polar surface area (TPSA) is 152 Å². The molecular formula is C28H32N8O4. The minimum atomic E-state index is -0.756. The zero-order valence-corrected chi connectivity index (χ0v) is 22.7. The van der Waals surface area contributed by atoms with Gasteiger partial charge in [-0.1, -0.05) is 0 Å². The Hall–Kier alpha value is -4.29. The van der Waals surface area contributed by atoms with Crippen molar-refractivity contribution in [3.63, 3.8) is 0 Å². The fraction of sp³-hybridized carbons (Fsp3) is 0.393. The summed E-state index contributed by atoms with van der Waals surface area (Å²) < 4.78 is 1.75. The first-order valence-electron chi connectivity index (χ1n) is 13.4. The smallest absolute Gasteiger partial charge is 0.261 e. The molecule has 0 aliphatic carbocycles. The molecule has 6 rings (SSSR count). The van der Waals surface area contributed by atoms with Crippen molar-refractivity contribution in [2.24, 2.45) is 0 Å². The predicted molar refractivity (Wildman–Crippen MR) is 149 cm³/mol.